The molecule has 6 heteroatoms. The summed E-state index contributed by atoms with van der Waals surface area (Å²) in [5.74, 6) is -0.875. The Bertz CT molecular complexity index is 459. The molecule has 0 saturated carbocycles. The lowest BCUT2D eigenvalue weighted by molar-refractivity contribution is -0.137. The van der Waals surface area contributed by atoms with Crippen LogP contribution in [0.5, 0.6) is 0 Å². The first-order chi connectivity index (χ1) is 10.0. The molecule has 3 N–H and O–H groups in total. The molecule has 1 aromatic carbocycles. The number of urea groups is 1. The highest BCUT2D eigenvalue weighted by Gasteiger charge is 2.10. The lowest BCUT2D eigenvalue weighted by atomic mass is 9.98. The topological polar surface area (TPSA) is 87.7 Å². The summed E-state index contributed by atoms with van der Waals surface area (Å²) in [5, 5.41) is 14.2. The molecule has 0 aliphatic heterocycles. The minimum Gasteiger partial charge on any atom is -0.481 e. The fraction of sp³-hybridized carbons (Fsp3) is 0.467. The van der Waals surface area contributed by atoms with Crippen molar-refractivity contribution in [3.63, 3.8) is 0 Å². The maximum atomic E-state index is 11.6. The lowest BCUT2D eigenvalue weighted by Gasteiger charge is -2.11. The predicted molar refractivity (Wildman–Crippen MR) is 80.6 cm³/mol. The molecular formula is C15H22N2O4. The number of anilines is 1. The first-order valence-corrected chi connectivity index (χ1v) is 6.88. The Balaban J connectivity index is 2.43. The van der Waals surface area contributed by atoms with Gasteiger partial charge in [0.2, 0.25) is 0 Å². The third-order valence-electron chi connectivity index (χ3n) is 3.03. The Kier molecular flexibility index (Phi) is 7.25. The van der Waals surface area contributed by atoms with Gasteiger partial charge in [-0.3, -0.25) is 4.79 Å². The standard InChI is InChI=1S/C15H22N2O4/c1-11(10-14(18)19)12-4-6-13(7-5-12)17-15(20)16-8-3-9-21-2/h4-7,11H,3,8-10H2,1-2H3,(H,18,19)(H2,16,17,20). The van der Waals surface area contributed by atoms with Crippen molar-refractivity contribution >= 4 is 17.7 Å². The van der Waals surface area contributed by atoms with Gasteiger partial charge in [-0.1, -0.05) is 19.1 Å². The van der Waals surface area contributed by atoms with Crippen LogP contribution in [-0.4, -0.2) is 37.4 Å². The van der Waals surface area contributed by atoms with Crippen molar-refractivity contribution in [2.24, 2.45) is 0 Å². The molecule has 0 aliphatic rings. The van der Waals surface area contributed by atoms with Crippen LogP contribution in [-0.2, 0) is 9.53 Å². The highest BCUT2D eigenvalue weighted by atomic mass is 16.5. The molecule has 1 unspecified atom stereocenters. The number of carboxylic acids is 1. The summed E-state index contributed by atoms with van der Waals surface area (Å²) in [6.45, 7) is 3.02. The summed E-state index contributed by atoms with van der Waals surface area (Å²) in [6.07, 6.45) is 0.850. The second-order valence-electron chi connectivity index (χ2n) is 4.85. The molecule has 0 bridgehead atoms. The Labute approximate surface area is 124 Å². The van der Waals surface area contributed by atoms with E-state index in [9.17, 15) is 9.59 Å². The molecular weight excluding hydrogens is 272 g/mol. The number of nitrogens with one attached hydrogen (secondary N) is 2. The number of hydrogen-bond donors (Lipinski definition) is 3. The van der Waals surface area contributed by atoms with E-state index in [0.29, 0.717) is 18.8 Å². The van der Waals surface area contributed by atoms with E-state index < -0.39 is 5.97 Å². The van der Waals surface area contributed by atoms with E-state index in [1.807, 2.05) is 19.1 Å². The van der Waals surface area contributed by atoms with Gasteiger partial charge in [0.15, 0.2) is 0 Å². The quantitative estimate of drug-likeness (QED) is 0.642. The lowest BCUT2D eigenvalue weighted by Crippen LogP contribution is -2.30. The number of carbonyl (C=O) groups excluding carboxylic acids is 1. The fourth-order valence-corrected chi connectivity index (χ4v) is 1.87. The van der Waals surface area contributed by atoms with E-state index in [2.05, 4.69) is 10.6 Å². The number of methoxy groups -OCH3 is 1. The second kappa shape index (κ2) is 8.97. The highest BCUT2D eigenvalue weighted by Crippen LogP contribution is 2.20. The Morgan fingerprint density at radius 2 is 1.95 bits per heavy atom. The van der Waals surface area contributed by atoms with E-state index in [1.165, 1.54) is 0 Å². The monoisotopic (exact) mass is 294 g/mol. The van der Waals surface area contributed by atoms with Crippen molar-refractivity contribution < 1.29 is 19.4 Å². The minimum atomic E-state index is -0.819. The number of carbonyl (C=O) groups is 2. The van der Waals surface area contributed by atoms with Gasteiger partial charge in [0.25, 0.3) is 0 Å². The zero-order chi connectivity index (χ0) is 15.7. The molecule has 1 atom stereocenters. The van der Waals surface area contributed by atoms with Gasteiger partial charge in [-0.15, -0.1) is 0 Å². The van der Waals surface area contributed by atoms with Crippen molar-refractivity contribution in [1.82, 2.24) is 5.32 Å². The van der Waals surface area contributed by atoms with Crippen molar-refractivity contribution in [2.45, 2.75) is 25.7 Å². The Morgan fingerprint density at radius 1 is 1.29 bits per heavy atom. The summed E-state index contributed by atoms with van der Waals surface area (Å²) >= 11 is 0. The van der Waals surface area contributed by atoms with Crippen molar-refractivity contribution in [3.8, 4) is 0 Å². The van der Waals surface area contributed by atoms with Crippen molar-refractivity contribution in [2.75, 3.05) is 25.6 Å². The molecule has 0 saturated heterocycles. The van der Waals surface area contributed by atoms with E-state index >= 15 is 0 Å². The first kappa shape index (κ1) is 17.0. The van der Waals surface area contributed by atoms with Crippen LogP contribution in [0.2, 0.25) is 0 Å². The van der Waals surface area contributed by atoms with Crippen LogP contribution in [0.4, 0.5) is 10.5 Å². The van der Waals surface area contributed by atoms with Gasteiger partial charge in [0.1, 0.15) is 0 Å². The summed E-state index contributed by atoms with van der Waals surface area (Å²) in [4.78, 5) is 22.3. The van der Waals surface area contributed by atoms with E-state index in [4.69, 9.17) is 9.84 Å². The molecule has 6 nitrogen and oxygen atoms in total. The number of hydrogen-bond acceptors (Lipinski definition) is 3. The van der Waals surface area contributed by atoms with Crippen LogP contribution in [0, 0.1) is 0 Å². The van der Waals surface area contributed by atoms with Crippen LogP contribution >= 0.6 is 0 Å². The van der Waals surface area contributed by atoms with Crippen molar-refractivity contribution in [1.29, 1.82) is 0 Å². The Hall–Kier alpha value is -2.08. The third-order valence-corrected chi connectivity index (χ3v) is 3.03. The summed E-state index contributed by atoms with van der Waals surface area (Å²) < 4.78 is 4.89. The molecule has 2 amide bonds. The van der Waals surface area contributed by atoms with Crippen LogP contribution in [0.15, 0.2) is 24.3 Å². The molecule has 0 fully saturated rings. The fourth-order valence-electron chi connectivity index (χ4n) is 1.87. The third kappa shape index (κ3) is 6.76. The summed E-state index contributed by atoms with van der Waals surface area (Å²) in [5.41, 5.74) is 1.61. The van der Waals surface area contributed by atoms with E-state index in [0.717, 1.165) is 12.0 Å². The predicted octanol–water partition coefficient (Wildman–Crippen LogP) is 2.42. The maximum absolute atomic E-state index is 11.6. The number of carboxylic acid groups (broad SMARTS) is 1. The van der Waals surface area contributed by atoms with Crippen molar-refractivity contribution in [3.05, 3.63) is 29.8 Å². The Morgan fingerprint density at radius 3 is 2.52 bits per heavy atom. The van der Waals surface area contributed by atoms with Crippen LogP contribution in [0.1, 0.15) is 31.2 Å². The van der Waals surface area contributed by atoms with Gasteiger partial charge >= 0.3 is 12.0 Å². The number of benzene rings is 1. The molecule has 21 heavy (non-hydrogen) atoms. The zero-order valence-corrected chi connectivity index (χ0v) is 12.4. The molecule has 0 radical (unpaired) electrons. The number of aliphatic carboxylic acids is 1. The van der Waals surface area contributed by atoms with Gasteiger partial charge in [-0.25, -0.2) is 4.79 Å². The van der Waals surface area contributed by atoms with Gasteiger partial charge in [0.05, 0.1) is 6.42 Å². The minimum absolute atomic E-state index is 0.0561. The molecule has 0 spiro atoms. The smallest absolute Gasteiger partial charge is 0.319 e. The van der Waals surface area contributed by atoms with Gasteiger partial charge in [0, 0.05) is 25.9 Å². The maximum Gasteiger partial charge on any atom is 0.319 e. The second-order valence-corrected chi connectivity index (χ2v) is 4.85. The normalized spacial score (nSPS) is 11.7. The average molecular weight is 294 g/mol. The molecule has 116 valence electrons. The number of amides is 2. The van der Waals surface area contributed by atoms with Crippen LogP contribution in [0.3, 0.4) is 0 Å². The molecule has 0 aromatic heterocycles. The van der Waals surface area contributed by atoms with E-state index in [1.54, 1.807) is 19.2 Å². The SMILES string of the molecule is COCCCNC(=O)Nc1ccc(C(C)CC(=O)O)cc1. The van der Waals surface area contributed by atoms with Gasteiger partial charge in [-0.05, 0) is 30.0 Å². The van der Waals surface area contributed by atoms with Gasteiger partial charge in [-0.2, -0.15) is 0 Å². The van der Waals surface area contributed by atoms with Gasteiger partial charge < -0.3 is 20.5 Å². The summed E-state index contributed by atoms with van der Waals surface area (Å²) in [6, 6.07) is 6.92. The number of rotatable bonds is 8. The van der Waals surface area contributed by atoms with E-state index in [-0.39, 0.29) is 18.4 Å². The molecule has 1 rings (SSSR count). The molecule has 1 aromatic rings. The van der Waals surface area contributed by atoms with Crippen LogP contribution < -0.4 is 10.6 Å². The molecule has 0 aliphatic carbocycles. The summed E-state index contributed by atoms with van der Waals surface area (Å²) in [7, 11) is 1.62. The first-order valence-electron chi connectivity index (χ1n) is 6.88. The van der Waals surface area contributed by atoms with Crippen LogP contribution in [0.25, 0.3) is 0 Å². The largest absolute Gasteiger partial charge is 0.481 e. The average Bonchev–Trinajstić information content (AvgIpc) is 2.43. The molecule has 0 heterocycles. The highest BCUT2D eigenvalue weighted by molar-refractivity contribution is 5.89. The zero-order valence-electron chi connectivity index (χ0n) is 12.4. The number of ether oxygens (including phenoxy) is 1.